The fourth-order valence-corrected chi connectivity index (χ4v) is 3.95. The first-order valence-corrected chi connectivity index (χ1v) is 9.59. The second-order valence-electron chi connectivity index (χ2n) is 7.40. The van der Waals surface area contributed by atoms with Crippen LogP contribution < -0.4 is 10.2 Å². The van der Waals surface area contributed by atoms with E-state index in [1.54, 1.807) is 0 Å². The zero-order chi connectivity index (χ0) is 19.7. The van der Waals surface area contributed by atoms with Crippen molar-refractivity contribution in [2.45, 2.75) is 26.2 Å². The Kier molecular flexibility index (Phi) is 4.86. The number of rotatable bonds is 3. The van der Waals surface area contributed by atoms with E-state index in [1.807, 2.05) is 26.1 Å². The molecular formula is C22H25N5O. The van der Waals surface area contributed by atoms with Crippen LogP contribution >= 0.6 is 0 Å². The van der Waals surface area contributed by atoms with E-state index in [4.69, 9.17) is 9.97 Å². The summed E-state index contributed by atoms with van der Waals surface area (Å²) in [6, 6.07) is 8.28. The number of fused-ring (bicyclic) bond motifs is 4. The average molecular weight is 375 g/mol. The maximum absolute atomic E-state index is 10.9. The molecule has 6 nitrogen and oxygen atoms in total. The molecular weight excluding hydrogens is 350 g/mol. The summed E-state index contributed by atoms with van der Waals surface area (Å²) in [6.45, 7) is 5.47. The Morgan fingerprint density at radius 3 is 2.96 bits per heavy atom. The van der Waals surface area contributed by atoms with Gasteiger partial charge in [0.15, 0.2) is 5.82 Å². The van der Waals surface area contributed by atoms with E-state index in [0.29, 0.717) is 6.54 Å². The summed E-state index contributed by atoms with van der Waals surface area (Å²) in [6.07, 6.45) is 5.95. The molecule has 1 aromatic carbocycles. The van der Waals surface area contributed by atoms with Crippen LogP contribution in [0.4, 0.5) is 5.82 Å². The number of likely N-dealkylation sites (N-methyl/N-ethyl adjacent to an activating group) is 1. The Bertz CT molecular complexity index is 1050. The first kappa shape index (κ1) is 18.2. The number of nitrogens with zero attached hydrogens (tertiary/aromatic N) is 3. The average Bonchev–Trinajstić information content (AvgIpc) is 3.07. The van der Waals surface area contributed by atoms with Gasteiger partial charge in [-0.15, -0.1) is 0 Å². The molecule has 0 spiro atoms. The standard InChI is InChI=1S/C22H25N5O/c1-14-11-19-17-8-6-9-18-21(17)26-22(15(2)24-18)27(3)10-5-4-7-16(12-23-13-28)20(14)25-19/h4-6,8-9,11,13,16,25H,7,10,12H2,1-3H3,(H,23,28)/b5-4-. The highest BCUT2D eigenvalue weighted by Gasteiger charge is 2.19. The number of para-hydroxylation sites is 1. The van der Waals surface area contributed by atoms with Crippen LogP contribution in [-0.4, -0.2) is 41.5 Å². The van der Waals surface area contributed by atoms with Gasteiger partial charge in [-0.2, -0.15) is 0 Å². The molecule has 1 aliphatic rings. The van der Waals surface area contributed by atoms with Crippen molar-refractivity contribution in [3.8, 4) is 11.3 Å². The normalized spacial score (nSPS) is 17.7. The molecule has 1 aliphatic heterocycles. The Hall–Kier alpha value is -3.15. The van der Waals surface area contributed by atoms with Crippen LogP contribution in [0.2, 0.25) is 0 Å². The summed E-state index contributed by atoms with van der Waals surface area (Å²) >= 11 is 0. The second-order valence-corrected chi connectivity index (χ2v) is 7.40. The molecule has 0 saturated carbocycles. The lowest BCUT2D eigenvalue weighted by Crippen LogP contribution is -2.21. The Morgan fingerprint density at radius 2 is 2.14 bits per heavy atom. The van der Waals surface area contributed by atoms with Crippen molar-refractivity contribution in [3.63, 3.8) is 0 Å². The molecule has 1 amide bonds. The molecule has 3 heterocycles. The quantitative estimate of drug-likeness (QED) is 0.543. The van der Waals surface area contributed by atoms with Crippen molar-refractivity contribution in [2.24, 2.45) is 0 Å². The molecule has 0 fully saturated rings. The van der Waals surface area contributed by atoms with E-state index in [-0.39, 0.29) is 5.92 Å². The van der Waals surface area contributed by atoms with Crippen molar-refractivity contribution in [1.29, 1.82) is 0 Å². The Balaban J connectivity index is 1.93. The topological polar surface area (TPSA) is 73.9 Å². The van der Waals surface area contributed by atoms with Gasteiger partial charge >= 0.3 is 0 Å². The fraction of sp³-hybridized carbons (Fsp3) is 0.318. The second kappa shape index (κ2) is 7.46. The third-order valence-corrected chi connectivity index (χ3v) is 5.37. The predicted molar refractivity (Wildman–Crippen MR) is 113 cm³/mol. The number of allylic oxidation sites excluding steroid dienone is 1. The van der Waals surface area contributed by atoms with Crippen molar-refractivity contribution in [1.82, 2.24) is 20.3 Å². The number of amides is 1. The van der Waals surface area contributed by atoms with Gasteiger partial charge in [-0.1, -0.05) is 24.3 Å². The minimum absolute atomic E-state index is 0.191. The summed E-state index contributed by atoms with van der Waals surface area (Å²) in [7, 11) is 2.04. The number of hydrogen-bond acceptors (Lipinski definition) is 4. The monoisotopic (exact) mass is 375 g/mol. The molecule has 144 valence electrons. The Labute approximate surface area is 164 Å². The molecule has 1 unspecified atom stereocenters. The first-order chi connectivity index (χ1) is 13.6. The number of nitrogens with one attached hydrogen (secondary N) is 2. The highest BCUT2D eigenvalue weighted by molar-refractivity contribution is 5.91. The number of benzene rings is 1. The van der Waals surface area contributed by atoms with E-state index in [2.05, 4.69) is 46.4 Å². The largest absolute Gasteiger partial charge is 0.358 e. The maximum Gasteiger partial charge on any atom is 0.207 e. The fourth-order valence-electron chi connectivity index (χ4n) is 3.95. The van der Waals surface area contributed by atoms with Gasteiger partial charge in [0.05, 0.1) is 11.2 Å². The molecule has 0 saturated heterocycles. The molecule has 6 heteroatoms. The molecule has 2 N–H and O–H groups in total. The minimum Gasteiger partial charge on any atom is -0.358 e. The molecule has 4 rings (SSSR count). The van der Waals surface area contributed by atoms with Crippen LogP contribution in [0.3, 0.4) is 0 Å². The van der Waals surface area contributed by atoms with E-state index in [1.165, 1.54) is 5.56 Å². The lowest BCUT2D eigenvalue weighted by molar-refractivity contribution is -0.109. The molecule has 0 radical (unpaired) electrons. The van der Waals surface area contributed by atoms with Gasteiger partial charge in [0.2, 0.25) is 6.41 Å². The zero-order valence-corrected chi connectivity index (χ0v) is 16.5. The van der Waals surface area contributed by atoms with E-state index in [9.17, 15) is 4.79 Å². The van der Waals surface area contributed by atoms with Gasteiger partial charge in [0, 0.05) is 43.0 Å². The molecule has 28 heavy (non-hydrogen) atoms. The zero-order valence-electron chi connectivity index (χ0n) is 16.5. The van der Waals surface area contributed by atoms with Gasteiger partial charge < -0.3 is 15.2 Å². The highest BCUT2D eigenvalue weighted by atomic mass is 16.1. The number of aromatic nitrogens is 3. The highest BCUT2D eigenvalue weighted by Crippen LogP contribution is 2.32. The summed E-state index contributed by atoms with van der Waals surface area (Å²) in [5.74, 6) is 1.09. The number of carbonyl (C=O) groups is 1. The minimum atomic E-state index is 0.191. The number of aryl methyl sites for hydroxylation is 2. The molecule has 2 aromatic heterocycles. The van der Waals surface area contributed by atoms with Gasteiger partial charge in [-0.3, -0.25) is 4.79 Å². The number of aromatic amines is 1. The van der Waals surface area contributed by atoms with Crippen LogP contribution in [-0.2, 0) is 4.79 Å². The van der Waals surface area contributed by atoms with E-state index >= 15 is 0 Å². The lowest BCUT2D eigenvalue weighted by atomic mass is 9.98. The number of hydrogen-bond donors (Lipinski definition) is 2. The molecule has 3 aromatic rings. The van der Waals surface area contributed by atoms with Crippen molar-refractivity contribution < 1.29 is 4.79 Å². The van der Waals surface area contributed by atoms with Gasteiger partial charge in [-0.25, -0.2) is 9.97 Å². The predicted octanol–water partition coefficient (Wildman–Crippen LogP) is 3.47. The van der Waals surface area contributed by atoms with Crippen LogP contribution in [0, 0.1) is 13.8 Å². The first-order valence-electron chi connectivity index (χ1n) is 9.59. The van der Waals surface area contributed by atoms with Crippen molar-refractivity contribution in [3.05, 3.63) is 53.4 Å². The lowest BCUT2D eigenvalue weighted by Gasteiger charge is -2.19. The maximum atomic E-state index is 10.9. The Morgan fingerprint density at radius 1 is 1.29 bits per heavy atom. The van der Waals surface area contributed by atoms with Crippen LogP contribution in [0.1, 0.15) is 29.3 Å². The van der Waals surface area contributed by atoms with Crippen LogP contribution in [0.15, 0.2) is 36.4 Å². The van der Waals surface area contributed by atoms with Crippen molar-refractivity contribution in [2.75, 3.05) is 25.0 Å². The van der Waals surface area contributed by atoms with Crippen LogP contribution in [0.25, 0.3) is 22.3 Å². The third kappa shape index (κ3) is 3.26. The summed E-state index contributed by atoms with van der Waals surface area (Å²) in [5, 5.41) is 2.84. The summed E-state index contributed by atoms with van der Waals surface area (Å²) in [4.78, 5) is 26.4. The van der Waals surface area contributed by atoms with E-state index in [0.717, 1.165) is 58.9 Å². The number of H-pyrrole nitrogens is 1. The molecule has 0 aliphatic carbocycles. The third-order valence-electron chi connectivity index (χ3n) is 5.37. The van der Waals surface area contributed by atoms with E-state index < -0.39 is 0 Å². The SMILES string of the molecule is Cc1cc2[nH]c1C(CNC=O)C/C=C\CN(C)c1nc3c-2cccc3nc1C. The van der Waals surface area contributed by atoms with Gasteiger partial charge in [-0.05, 0) is 38.0 Å². The van der Waals surface area contributed by atoms with Crippen molar-refractivity contribution >= 4 is 23.3 Å². The van der Waals surface area contributed by atoms with Crippen LogP contribution in [0.5, 0.6) is 0 Å². The molecule has 1 atom stereocenters. The van der Waals surface area contributed by atoms with Gasteiger partial charge in [0.1, 0.15) is 5.52 Å². The smallest absolute Gasteiger partial charge is 0.207 e. The number of anilines is 1. The molecule has 4 bridgehead atoms. The summed E-state index contributed by atoms with van der Waals surface area (Å²) < 4.78 is 0. The summed E-state index contributed by atoms with van der Waals surface area (Å²) in [5.41, 5.74) is 7.13. The van der Waals surface area contributed by atoms with Gasteiger partial charge in [0.25, 0.3) is 0 Å². The number of carbonyl (C=O) groups excluding carboxylic acids is 1.